The third-order valence-electron chi connectivity index (χ3n) is 3.90. The molecule has 1 nitrogen and oxygen atoms in total. The molecule has 1 aliphatic rings. The molecule has 0 radical (unpaired) electrons. The van der Waals surface area contributed by atoms with Crippen molar-refractivity contribution >= 4 is 5.78 Å². The number of ketones is 1. The van der Waals surface area contributed by atoms with E-state index in [4.69, 9.17) is 0 Å². The molecule has 3 heteroatoms. The number of carbonyl (C=O) groups is 1. The van der Waals surface area contributed by atoms with Gasteiger partial charge in [0.15, 0.2) is 11.6 Å². The van der Waals surface area contributed by atoms with Gasteiger partial charge >= 0.3 is 0 Å². The summed E-state index contributed by atoms with van der Waals surface area (Å²) in [6, 6.07) is 11.9. The molecule has 20 heavy (non-hydrogen) atoms. The SMILES string of the molecule is O=C(Cc1cccc(F)c1F)C1Cc2ccccc2C1. The van der Waals surface area contributed by atoms with Crippen LogP contribution in [0.3, 0.4) is 0 Å². The van der Waals surface area contributed by atoms with E-state index in [1.54, 1.807) is 0 Å². The normalized spacial score (nSPS) is 14.3. The minimum Gasteiger partial charge on any atom is -0.299 e. The number of halogens is 2. The van der Waals surface area contributed by atoms with E-state index in [9.17, 15) is 13.6 Å². The number of Topliss-reactive ketones (excluding diaryl/α,β-unsaturated/α-hetero) is 1. The lowest BCUT2D eigenvalue weighted by Crippen LogP contribution is -2.18. The molecule has 0 N–H and O–H groups in total. The van der Waals surface area contributed by atoms with Crippen molar-refractivity contribution in [3.63, 3.8) is 0 Å². The van der Waals surface area contributed by atoms with Crippen molar-refractivity contribution in [2.24, 2.45) is 5.92 Å². The Bertz CT molecular complexity index is 639. The Morgan fingerprint density at radius 1 is 1.00 bits per heavy atom. The number of rotatable bonds is 3. The van der Waals surface area contributed by atoms with Crippen LogP contribution < -0.4 is 0 Å². The monoisotopic (exact) mass is 272 g/mol. The van der Waals surface area contributed by atoms with Gasteiger partial charge in [0.1, 0.15) is 5.78 Å². The van der Waals surface area contributed by atoms with Crippen LogP contribution in [0.5, 0.6) is 0 Å². The fourth-order valence-electron chi connectivity index (χ4n) is 2.80. The van der Waals surface area contributed by atoms with Gasteiger partial charge in [0.2, 0.25) is 0 Å². The predicted octanol–water partition coefficient (Wildman–Crippen LogP) is 3.49. The molecular weight excluding hydrogens is 258 g/mol. The van der Waals surface area contributed by atoms with E-state index in [1.807, 2.05) is 24.3 Å². The van der Waals surface area contributed by atoms with Crippen molar-refractivity contribution in [1.82, 2.24) is 0 Å². The molecule has 0 spiro atoms. The van der Waals surface area contributed by atoms with E-state index in [0.717, 1.165) is 6.07 Å². The van der Waals surface area contributed by atoms with E-state index in [1.165, 1.54) is 23.3 Å². The molecule has 0 heterocycles. The van der Waals surface area contributed by atoms with Crippen LogP contribution in [0.25, 0.3) is 0 Å². The Morgan fingerprint density at radius 3 is 2.30 bits per heavy atom. The average Bonchev–Trinajstić information content (AvgIpc) is 2.88. The zero-order valence-electron chi connectivity index (χ0n) is 10.9. The zero-order chi connectivity index (χ0) is 14.1. The summed E-state index contributed by atoms with van der Waals surface area (Å²) in [5.74, 6) is -1.94. The van der Waals surface area contributed by atoms with E-state index >= 15 is 0 Å². The highest BCUT2D eigenvalue weighted by Crippen LogP contribution is 2.28. The summed E-state index contributed by atoms with van der Waals surface area (Å²) in [5.41, 5.74) is 2.52. The molecule has 0 saturated heterocycles. The maximum absolute atomic E-state index is 13.6. The third-order valence-corrected chi connectivity index (χ3v) is 3.90. The molecule has 2 aromatic rings. The molecule has 0 bridgehead atoms. The lowest BCUT2D eigenvalue weighted by molar-refractivity contribution is -0.122. The van der Waals surface area contributed by atoms with Gasteiger partial charge in [-0.15, -0.1) is 0 Å². The van der Waals surface area contributed by atoms with Gasteiger partial charge in [-0.1, -0.05) is 36.4 Å². The van der Waals surface area contributed by atoms with Crippen molar-refractivity contribution < 1.29 is 13.6 Å². The second-order valence-electron chi connectivity index (χ2n) is 5.23. The highest BCUT2D eigenvalue weighted by atomic mass is 19.2. The van der Waals surface area contributed by atoms with Gasteiger partial charge < -0.3 is 0 Å². The maximum Gasteiger partial charge on any atom is 0.162 e. The molecule has 0 unspecified atom stereocenters. The van der Waals surface area contributed by atoms with Crippen LogP contribution in [0, 0.1) is 17.6 Å². The summed E-state index contributed by atoms with van der Waals surface area (Å²) in [6.45, 7) is 0. The van der Waals surface area contributed by atoms with E-state index in [0.29, 0.717) is 12.8 Å². The molecule has 1 aliphatic carbocycles. The van der Waals surface area contributed by atoms with Crippen LogP contribution in [-0.2, 0) is 24.1 Å². The summed E-state index contributed by atoms with van der Waals surface area (Å²) in [6.07, 6.45) is 1.36. The second kappa shape index (κ2) is 5.16. The lowest BCUT2D eigenvalue weighted by atomic mass is 9.95. The van der Waals surface area contributed by atoms with Crippen molar-refractivity contribution in [2.75, 3.05) is 0 Å². The summed E-state index contributed by atoms with van der Waals surface area (Å²) < 4.78 is 26.7. The smallest absolute Gasteiger partial charge is 0.162 e. The molecular formula is C17H14F2O. The molecule has 102 valence electrons. The molecule has 0 fully saturated rings. The predicted molar refractivity (Wildman–Crippen MR) is 72.4 cm³/mol. The maximum atomic E-state index is 13.6. The number of fused-ring (bicyclic) bond motifs is 1. The minimum atomic E-state index is -0.906. The largest absolute Gasteiger partial charge is 0.299 e. The van der Waals surface area contributed by atoms with Gasteiger partial charge in [-0.05, 0) is 35.6 Å². The number of hydrogen-bond donors (Lipinski definition) is 0. The molecule has 0 aliphatic heterocycles. The molecule has 0 amide bonds. The van der Waals surface area contributed by atoms with Crippen LogP contribution in [0.1, 0.15) is 16.7 Å². The number of benzene rings is 2. The zero-order valence-corrected chi connectivity index (χ0v) is 10.9. The highest BCUT2D eigenvalue weighted by Gasteiger charge is 2.27. The third kappa shape index (κ3) is 2.36. The van der Waals surface area contributed by atoms with Crippen molar-refractivity contribution in [3.05, 3.63) is 70.8 Å². The molecule has 0 saturated carbocycles. The van der Waals surface area contributed by atoms with Crippen molar-refractivity contribution in [3.8, 4) is 0 Å². The quantitative estimate of drug-likeness (QED) is 0.836. The Balaban J connectivity index is 1.74. The standard InChI is InChI=1S/C17H14F2O/c18-15-7-3-6-13(17(15)19)10-16(20)14-8-11-4-1-2-5-12(11)9-14/h1-7,14H,8-10H2. The van der Waals surface area contributed by atoms with E-state index in [2.05, 4.69) is 0 Å². The van der Waals surface area contributed by atoms with E-state index in [-0.39, 0.29) is 23.7 Å². The average molecular weight is 272 g/mol. The molecule has 0 aromatic heterocycles. The summed E-state index contributed by atoms with van der Waals surface area (Å²) in [7, 11) is 0. The fourth-order valence-corrected chi connectivity index (χ4v) is 2.80. The van der Waals surface area contributed by atoms with Crippen LogP contribution in [-0.4, -0.2) is 5.78 Å². The summed E-state index contributed by atoms with van der Waals surface area (Å²) in [5, 5.41) is 0. The van der Waals surface area contributed by atoms with Gasteiger partial charge in [-0.2, -0.15) is 0 Å². The van der Waals surface area contributed by atoms with Crippen LogP contribution in [0.15, 0.2) is 42.5 Å². The fraction of sp³-hybridized carbons (Fsp3) is 0.235. The van der Waals surface area contributed by atoms with Crippen LogP contribution in [0.2, 0.25) is 0 Å². The highest BCUT2D eigenvalue weighted by molar-refractivity contribution is 5.84. The second-order valence-corrected chi connectivity index (χ2v) is 5.23. The molecule has 0 atom stereocenters. The number of carbonyl (C=O) groups excluding carboxylic acids is 1. The van der Waals surface area contributed by atoms with E-state index < -0.39 is 11.6 Å². The first-order valence-electron chi connectivity index (χ1n) is 6.67. The lowest BCUT2D eigenvalue weighted by Gasteiger charge is -2.09. The molecule has 2 aromatic carbocycles. The summed E-state index contributed by atoms with van der Waals surface area (Å²) >= 11 is 0. The van der Waals surface area contributed by atoms with Gasteiger partial charge in [0.25, 0.3) is 0 Å². The van der Waals surface area contributed by atoms with Gasteiger partial charge in [0.05, 0.1) is 0 Å². The van der Waals surface area contributed by atoms with Crippen LogP contribution >= 0.6 is 0 Å². The Labute approximate surface area is 116 Å². The first kappa shape index (κ1) is 13.0. The van der Waals surface area contributed by atoms with Crippen molar-refractivity contribution in [1.29, 1.82) is 0 Å². The number of hydrogen-bond acceptors (Lipinski definition) is 1. The first-order valence-corrected chi connectivity index (χ1v) is 6.67. The van der Waals surface area contributed by atoms with Gasteiger partial charge in [0, 0.05) is 12.3 Å². The Hall–Kier alpha value is -2.03. The Kier molecular flexibility index (Phi) is 3.35. The van der Waals surface area contributed by atoms with Gasteiger partial charge in [-0.3, -0.25) is 4.79 Å². The van der Waals surface area contributed by atoms with Crippen LogP contribution in [0.4, 0.5) is 8.78 Å². The van der Waals surface area contributed by atoms with Crippen molar-refractivity contribution in [2.45, 2.75) is 19.3 Å². The molecule has 3 rings (SSSR count). The van der Waals surface area contributed by atoms with Gasteiger partial charge in [-0.25, -0.2) is 8.78 Å². The minimum absolute atomic E-state index is 0.0225. The first-order chi connectivity index (χ1) is 9.65. The Morgan fingerprint density at radius 2 is 1.65 bits per heavy atom. The topological polar surface area (TPSA) is 17.1 Å². The summed E-state index contributed by atoms with van der Waals surface area (Å²) in [4.78, 5) is 12.3.